The molecule has 0 spiro atoms. The fourth-order valence-corrected chi connectivity index (χ4v) is 6.35. The molecule has 1 aromatic carbocycles. The van der Waals surface area contributed by atoms with Crippen LogP contribution in [0.5, 0.6) is 0 Å². The number of ketones is 1. The Bertz CT molecular complexity index is 794. The number of Topliss-reactive ketones (excluding diaryl/α,β-unsaturated/α-hetero) is 1. The molecule has 5 heteroatoms. The number of hydrogen-bond acceptors (Lipinski definition) is 3. The molecule has 0 amide bonds. The molecular weight excluding hydrogens is 452 g/mol. The molecule has 1 N–H and O–H groups in total. The Morgan fingerprint density at radius 2 is 1.71 bits per heavy atom. The van der Waals surface area contributed by atoms with E-state index in [-0.39, 0.29) is 23.5 Å². The Balaban J connectivity index is 2.05. The number of unbranched alkanes of at least 4 members (excludes halogenated alkanes) is 5. The zero-order valence-corrected chi connectivity index (χ0v) is 24.2. The number of carbonyl (C=O) groups excluding carboxylic acids is 1. The second kappa shape index (κ2) is 13.7. The van der Waals surface area contributed by atoms with Crippen molar-refractivity contribution in [2.75, 3.05) is 0 Å². The Hall–Kier alpha value is -1.46. The van der Waals surface area contributed by atoms with Crippen molar-refractivity contribution in [1.29, 1.82) is 0 Å². The van der Waals surface area contributed by atoms with E-state index in [1.807, 2.05) is 0 Å². The van der Waals surface area contributed by atoms with E-state index >= 15 is 0 Å². The summed E-state index contributed by atoms with van der Waals surface area (Å²) in [6, 6.07) is 9.01. The predicted molar refractivity (Wildman–Crippen MR) is 147 cm³/mol. The minimum Gasteiger partial charge on any atom is -0.481 e. The summed E-state index contributed by atoms with van der Waals surface area (Å²) in [5.41, 5.74) is 2.56. The lowest BCUT2D eigenvalue weighted by Gasteiger charge is -2.39. The molecule has 1 aliphatic rings. The first-order valence-corrected chi connectivity index (χ1v) is 16.9. The Labute approximate surface area is 215 Å². The standard InChI is InChI=1S/C30H50O4Si/c1-7-8-11-15-28(34-35(5,6)30(2,3)4)24-19-17-23(18-20-24)25-21-22-27(31)26(25)14-12-9-10-13-16-29(32)33/h17-20,25-26,28H,7-16,21-22H2,1-6H3,(H,32,33)/t25-,26+,28-/m1/s1. The van der Waals surface area contributed by atoms with E-state index in [9.17, 15) is 9.59 Å². The lowest BCUT2D eigenvalue weighted by atomic mass is 9.84. The van der Waals surface area contributed by atoms with E-state index in [4.69, 9.17) is 9.53 Å². The molecule has 35 heavy (non-hydrogen) atoms. The summed E-state index contributed by atoms with van der Waals surface area (Å²) in [5, 5.41) is 8.97. The molecule has 0 saturated heterocycles. The maximum absolute atomic E-state index is 12.6. The van der Waals surface area contributed by atoms with Crippen molar-refractivity contribution in [3.8, 4) is 0 Å². The maximum Gasteiger partial charge on any atom is 0.303 e. The molecule has 2 rings (SSSR count). The predicted octanol–water partition coefficient (Wildman–Crippen LogP) is 8.82. The largest absolute Gasteiger partial charge is 0.481 e. The molecule has 0 radical (unpaired) electrons. The molecule has 0 aliphatic heterocycles. The number of carboxylic acids is 1. The highest BCUT2D eigenvalue weighted by Gasteiger charge is 2.39. The van der Waals surface area contributed by atoms with Gasteiger partial charge in [-0.2, -0.15) is 0 Å². The summed E-state index contributed by atoms with van der Waals surface area (Å²) >= 11 is 0. The first-order valence-electron chi connectivity index (χ1n) is 14.0. The molecule has 0 aromatic heterocycles. The molecule has 198 valence electrons. The van der Waals surface area contributed by atoms with Gasteiger partial charge in [0.15, 0.2) is 8.32 Å². The van der Waals surface area contributed by atoms with Crippen LogP contribution in [0, 0.1) is 5.92 Å². The average molecular weight is 503 g/mol. The fraction of sp³-hybridized carbons (Fsp3) is 0.733. The van der Waals surface area contributed by atoms with Gasteiger partial charge in [0.2, 0.25) is 0 Å². The topological polar surface area (TPSA) is 63.6 Å². The summed E-state index contributed by atoms with van der Waals surface area (Å²) in [5.74, 6) is 0.115. The van der Waals surface area contributed by atoms with Crippen LogP contribution < -0.4 is 0 Å². The van der Waals surface area contributed by atoms with Crippen LogP contribution in [0.15, 0.2) is 24.3 Å². The Morgan fingerprint density at radius 3 is 2.31 bits per heavy atom. The lowest BCUT2D eigenvalue weighted by molar-refractivity contribution is -0.137. The molecule has 3 atom stereocenters. The van der Waals surface area contributed by atoms with Gasteiger partial charge in [-0.05, 0) is 60.9 Å². The van der Waals surface area contributed by atoms with Crippen LogP contribution in [0.4, 0.5) is 0 Å². The summed E-state index contributed by atoms with van der Waals surface area (Å²) < 4.78 is 6.89. The zero-order valence-electron chi connectivity index (χ0n) is 23.2. The van der Waals surface area contributed by atoms with Crippen LogP contribution in [0.3, 0.4) is 0 Å². The third-order valence-electron chi connectivity index (χ3n) is 8.31. The van der Waals surface area contributed by atoms with Crippen LogP contribution >= 0.6 is 0 Å². The van der Waals surface area contributed by atoms with Gasteiger partial charge >= 0.3 is 5.97 Å². The molecule has 0 unspecified atom stereocenters. The van der Waals surface area contributed by atoms with E-state index in [0.29, 0.717) is 18.1 Å². The zero-order chi connectivity index (χ0) is 26.1. The number of aliphatic carboxylic acids is 1. The number of benzene rings is 1. The average Bonchev–Trinajstić information content (AvgIpc) is 3.15. The molecule has 1 saturated carbocycles. The normalized spacial score (nSPS) is 19.8. The van der Waals surface area contributed by atoms with Crippen molar-refractivity contribution in [2.45, 2.75) is 135 Å². The highest BCUT2D eigenvalue weighted by molar-refractivity contribution is 6.74. The third-order valence-corrected chi connectivity index (χ3v) is 12.8. The van der Waals surface area contributed by atoms with Gasteiger partial charge in [0.25, 0.3) is 0 Å². The van der Waals surface area contributed by atoms with Crippen LogP contribution in [-0.4, -0.2) is 25.2 Å². The van der Waals surface area contributed by atoms with Crippen molar-refractivity contribution in [2.24, 2.45) is 5.92 Å². The van der Waals surface area contributed by atoms with Crippen molar-refractivity contribution in [1.82, 2.24) is 0 Å². The first kappa shape index (κ1) is 29.8. The molecule has 0 bridgehead atoms. The van der Waals surface area contributed by atoms with E-state index in [2.05, 4.69) is 65.1 Å². The van der Waals surface area contributed by atoms with Gasteiger partial charge < -0.3 is 9.53 Å². The second-order valence-electron chi connectivity index (χ2n) is 12.1. The van der Waals surface area contributed by atoms with Crippen LogP contribution in [0.25, 0.3) is 0 Å². The molecule has 1 aromatic rings. The van der Waals surface area contributed by atoms with Crippen molar-refractivity contribution >= 4 is 20.1 Å². The van der Waals surface area contributed by atoms with Gasteiger partial charge in [-0.15, -0.1) is 0 Å². The molecule has 1 fully saturated rings. The minimum atomic E-state index is -1.88. The van der Waals surface area contributed by atoms with Crippen molar-refractivity contribution < 1.29 is 19.1 Å². The molecule has 1 aliphatic carbocycles. The minimum absolute atomic E-state index is 0.115. The summed E-state index contributed by atoms with van der Waals surface area (Å²) in [7, 11) is -1.88. The number of rotatable bonds is 15. The molecule has 4 nitrogen and oxygen atoms in total. The summed E-state index contributed by atoms with van der Waals surface area (Å²) in [6.45, 7) is 13.8. The Morgan fingerprint density at radius 1 is 1.06 bits per heavy atom. The number of hydrogen-bond donors (Lipinski definition) is 1. The maximum atomic E-state index is 12.6. The van der Waals surface area contributed by atoms with Gasteiger partial charge in [0, 0.05) is 18.8 Å². The van der Waals surface area contributed by atoms with E-state index in [0.717, 1.165) is 44.9 Å². The van der Waals surface area contributed by atoms with E-state index in [1.54, 1.807) is 0 Å². The van der Waals surface area contributed by atoms with Gasteiger partial charge in [-0.25, -0.2) is 0 Å². The van der Waals surface area contributed by atoms with Gasteiger partial charge in [0.1, 0.15) is 5.78 Å². The highest BCUT2D eigenvalue weighted by atomic mass is 28.4. The van der Waals surface area contributed by atoms with Crippen LogP contribution in [0.2, 0.25) is 18.1 Å². The van der Waals surface area contributed by atoms with E-state index in [1.165, 1.54) is 30.4 Å². The first-order chi connectivity index (χ1) is 16.5. The summed E-state index contributed by atoms with van der Waals surface area (Å²) in [6.07, 6.45) is 11.3. The number of carboxylic acid groups (broad SMARTS) is 1. The van der Waals surface area contributed by atoms with Gasteiger partial charge in [-0.1, -0.05) is 90.5 Å². The highest BCUT2D eigenvalue weighted by Crippen LogP contribution is 2.43. The van der Waals surface area contributed by atoms with Gasteiger partial charge in [0.05, 0.1) is 6.10 Å². The second-order valence-corrected chi connectivity index (χ2v) is 16.9. The third kappa shape index (κ3) is 9.17. The Kier molecular flexibility index (Phi) is 11.7. The monoisotopic (exact) mass is 502 g/mol. The van der Waals surface area contributed by atoms with Crippen LogP contribution in [0.1, 0.15) is 128 Å². The molecule has 0 heterocycles. The van der Waals surface area contributed by atoms with Crippen molar-refractivity contribution in [3.63, 3.8) is 0 Å². The smallest absolute Gasteiger partial charge is 0.303 e. The van der Waals surface area contributed by atoms with Crippen molar-refractivity contribution in [3.05, 3.63) is 35.4 Å². The van der Waals surface area contributed by atoms with Crippen LogP contribution in [-0.2, 0) is 14.0 Å². The summed E-state index contributed by atoms with van der Waals surface area (Å²) in [4.78, 5) is 23.3. The van der Waals surface area contributed by atoms with E-state index < -0.39 is 14.3 Å². The fourth-order valence-electron chi connectivity index (χ4n) is 5.03. The molecular formula is C30H50O4Si. The lowest BCUT2D eigenvalue weighted by Crippen LogP contribution is -2.41. The number of carbonyl (C=O) groups is 2. The quantitative estimate of drug-likeness (QED) is 0.192. The SMILES string of the molecule is CCCCC[C@@H](O[Si](C)(C)C(C)(C)C)c1ccc([C@H]2CCC(=O)[C@H]2CCCCCCC(=O)O)cc1. The van der Waals surface area contributed by atoms with Gasteiger partial charge in [-0.3, -0.25) is 9.59 Å².